The lowest BCUT2D eigenvalue weighted by atomic mass is 10.2. The second-order valence-electron chi connectivity index (χ2n) is 6.70. The van der Waals surface area contributed by atoms with Crippen LogP contribution in [0.5, 0.6) is 0 Å². The van der Waals surface area contributed by atoms with Crippen molar-refractivity contribution in [1.29, 1.82) is 0 Å². The number of para-hydroxylation sites is 1. The smallest absolute Gasteiger partial charge is 0.269 e. The summed E-state index contributed by atoms with van der Waals surface area (Å²) < 4.78 is 0. The average molecular weight is 396 g/mol. The summed E-state index contributed by atoms with van der Waals surface area (Å²) in [7, 11) is 0. The van der Waals surface area contributed by atoms with Crippen molar-refractivity contribution in [2.24, 2.45) is 0 Å². The van der Waals surface area contributed by atoms with Gasteiger partial charge in [-0.05, 0) is 72.8 Å². The number of nitro benzene ring substituents is 1. The van der Waals surface area contributed by atoms with Crippen LogP contribution in [-0.2, 0) is 0 Å². The summed E-state index contributed by atoms with van der Waals surface area (Å²) in [5.74, 6) is 0. The van der Waals surface area contributed by atoms with Gasteiger partial charge in [0.15, 0.2) is 0 Å². The summed E-state index contributed by atoms with van der Waals surface area (Å²) in [6, 6.07) is 32.3. The highest BCUT2D eigenvalue weighted by Gasteiger charge is 2.04. The van der Waals surface area contributed by atoms with Crippen LogP contribution in [0.4, 0.5) is 39.8 Å². The molecular formula is C24H20N4O2. The third-order valence-electron chi connectivity index (χ3n) is 4.49. The van der Waals surface area contributed by atoms with Gasteiger partial charge in [-0.15, -0.1) is 0 Å². The van der Waals surface area contributed by atoms with Crippen molar-refractivity contribution < 1.29 is 4.92 Å². The number of rotatable bonds is 7. The van der Waals surface area contributed by atoms with E-state index in [0.29, 0.717) is 0 Å². The topological polar surface area (TPSA) is 79.2 Å². The molecule has 0 bridgehead atoms. The molecule has 0 heterocycles. The zero-order valence-electron chi connectivity index (χ0n) is 16.1. The lowest BCUT2D eigenvalue weighted by molar-refractivity contribution is -0.384. The normalized spacial score (nSPS) is 10.3. The predicted molar refractivity (Wildman–Crippen MR) is 122 cm³/mol. The summed E-state index contributed by atoms with van der Waals surface area (Å²) in [6.07, 6.45) is 0. The fourth-order valence-electron chi connectivity index (χ4n) is 2.96. The maximum Gasteiger partial charge on any atom is 0.269 e. The Morgan fingerprint density at radius 3 is 1.10 bits per heavy atom. The molecule has 0 saturated carbocycles. The van der Waals surface area contributed by atoms with E-state index in [4.69, 9.17) is 0 Å². The summed E-state index contributed by atoms with van der Waals surface area (Å²) in [6.45, 7) is 0. The predicted octanol–water partition coefficient (Wildman–Crippen LogP) is 6.83. The van der Waals surface area contributed by atoms with Gasteiger partial charge in [-0.25, -0.2) is 0 Å². The highest BCUT2D eigenvalue weighted by molar-refractivity contribution is 5.68. The van der Waals surface area contributed by atoms with Gasteiger partial charge in [0.1, 0.15) is 0 Å². The molecular weight excluding hydrogens is 376 g/mol. The molecule has 0 fully saturated rings. The number of anilines is 6. The maximum atomic E-state index is 10.7. The Labute approximate surface area is 174 Å². The molecule has 0 saturated heterocycles. The van der Waals surface area contributed by atoms with Gasteiger partial charge in [0.25, 0.3) is 5.69 Å². The first-order chi connectivity index (χ1) is 14.7. The van der Waals surface area contributed by atoms with Crippen LogP contribution < -0.4 is 16.0 Å². The number of benzene rings is 4. The second kappa shape index (κ2) is 8.79. The van der Waals surface area contributed by atoms with Crippen molar-refractivity contribution in [1.82, 2.24) is 0 Å². The summed E-state index contributed by atoms with van der Waals surface area (Å²) >= 11 is 0. The molecule has 6 heteroatoms. The number of hydrogen-bond donors (Lipinski definition) is 3. The van der Waals surface area contributed by atoms with Gasteiger partial charge in [0, 0.05) is 46.3 Å². The monoisotopic (exact) mass is 396 g/mol. The van der Waals surface area contributed by atoms with Crippen LogP contribution in [0.2, 0.25) is 0 Å². The Morgan fingerprint density at radius 2 is 0.767 bits per heavy atom. The molecule has 6 nitrogen and oxygen atoms in total. The van der Waals surface area contributed by atoms with E-state index >= 15 is 0 Å². The first-order valence-electron chi connectivity index (χ1n) is 9.46. The van der Waals surface area contributed by atoms with Gasteiger partial charge < -0.3 is 16.0 Å². The first-order valence-corrected chi connectivity index (χ1v) is 9.46. The number of non-ortho nitro benzene ring substituents is 1. The molecule has 148 valence electrons. The molecule has 0 aromatic heterocycles. The first kappa shape index (κ1) is 19.0. The zero-order valence-corrected chi connectivity index (χ0v) is 16.1. The van der Waals surface area contributed by atoms with Crippen molar-refractivity contribution >= 4 is 39.8 Å². The lowest BCUT2D eigenvalue weighted by Crippen LogP contribution is -1.94. The van der Waals surface area contributed by atoms with Crippen molar-refractivity contribution in [3.63, 3.8) is 0 Å². The van der Waals surface area contributed by atoms with Crippen molar-refractivity contribution in [3.8, 4) is 0 Å². The molecule has 30 heavy (non-hydrogen) atoms. The molecule has 0 aliphatic rings. The molecule has 0 aliphatic carbocycles. The van der Waals surface area contributed by atoms with E-state index in [2.05, 4.69) is 16.0 Å². The minimum absolute atomic E-state index is 0.0742. The summed E-state index contributed by atoms with van der Waals surface area (Å²) in [5.41, 5.74) is 5.80. The molecule has 0 amide bonds. The van der Waals surface area contributed by atoms with E-state index in [1.807, 2.05) is 78.9 Å². The van der Waals surface area contributed by atoms with Gasteiger partial charge in [-0.2, -0.15) is 0 Å². The Kier molecular flexibility index (Phi) is 5.57. The molecule has 3 N–H and O–H groups in total. The van der Waals surface area contributed by atoms with E-state index in [1.165, 1.54) is 12.1 Å². The third-order valence-corrected chi connectivity index (χ3v) is 4.49. The number of hydrogen-bond acceptors (Lipinski definition) is 5. The molecule has 0 unspecified atom stereocenters. The van der Waals surface area contributed by atoms with Crippen LogP contribution in [0.1, 0.15) is 0 Å². The number of nitro groups is 1. The molecule has 0 aliphatic heterocycles. The molecule has 0 spiro atoms. The van der Waals surface area contributed by atoms with E-state index in [9.17, 15) is 10.1 Å². The average Bonchev–Trinajstić information content (AvgIpc) is 2.78. The maximum absolute atomic E-state index is 10.7. The van der Waals surface area contributed by atoms with E-state index in [0.717, 1.165) is 34.1 Å². The quantitative estimate of drug-likeness (QED) is 0.236. The Balaban J connectivity index is 1.35. The largest absolute Gasteiger partial charge is 0.356 e. The lowest BCUT2D eigenvalue weighted by Gasteiger charge is -2.11. The fraction of sp³-hybridized carbons (Fsp3) is 0. The van der Waals surface area contributed by atoms with Crippen LogP contribution in [0.25, 0.3) is 0 Å². The van der Waals surface area contributed by atoms with Crippen LogP contribution in [-0.4, -0.2) is 4.92 Å². The van der Waals surface area contributed by atoms with E-state index in [1.54, 1.807) is 12.1 Å². The minimum atomic E-state index is -0.408. The van der Waals surface area contributed by atoms with Gasteiger partial charge >= 0.3 is 0 Å². The van der Waals surface area contributed by atoms with Gasteiger partial charge in [0.2, 0.25) is 0 Å². The van der Waals surface area contributed by atoms with Crippen LogP contribution >= 0.6 is 0 Å². The Bertz CT molecular complexity index is 1110. The number of nitrogens with zero attached hydrogens (tertiary/aromatic N) is 1. The molecule has 0 atom stereocenters. The highest BCUT2D eigenvalue weighted by Crippen LogP contribution is 2.24. The van der Waals surface area contributed by atoms with Crippen molar-refractivity contribution in [2.45, 2.75) is 0 Å². The summed E-state index contributed by atoms with van der Waals surface area (Å²) in [5, 5.41) is 20.7. The van der Waals surface area contributed by atoms with E-state index in [-0.39, 0.29) is 5.69 Å². The molecule has 0 radical (unpaired) electrons. The van der Waals surface area contributed by atoms with Crippen LogP contribution in [0.3, 0.4) is 0 Å². The summed E-state index contributed by atoms with van der Waals surface area (Å²) in [4.78, 5) is 10.3. The Hall–Kier alpha value is -4.32. The van der Waals surface area contributed by atoms with Crippen LogP contribution in [0.15, 0.2) is 103 Å². The highest BCUT2D eigenvalue weighted by atomic mass is 16.6. The standard InChI is InChI=1S/C24H20N4O2/c29-28(30)24-16-14-23(15-17-24)27-22-12-10-21(11-13-22)26-20-8-6-19(7-9-20)25-18-4-2-1-3-5-18/h1-17,25-27H. The SMILES string of the molecule is O=[N+]([O-])c1ccc(Nc2ccc(Nc3ccc(Nc4ccccc4)cc3)cc2)cc1. The second-order valence-corrected chi connectivity index (χ2v) is 6.70. The van der Waals surface area contributed by atoms with Gasteiger partial charge in [0.05, 0.1) is 4.92 Å². The number of nitrogens with one attached hydrogen (secondary N) is 3. The van der Waals surface area contributed by atoms with E-state index < -0.39 is 4.92 Å². The molecule has 4 rings (SSSR count). The molecule has 4 aromatic rings. The van der Waals surface area contributed by atoms with Crippen molar-refractivity contribution in [3.05, 3.63) is 113 Å². The molecule has 4 aromatic carbocycles. The third kappa shape index (κ3) is 4.94. The van der Waals surface area contributed by atoms with Gasteiger partial charge in [-0.1, -0.05) is 18.2 Å². The van der Waals surface area contributed by atoms with Crippen molar-refractivity contribution in [2.75, 3.05) is 16.0 Å². The van der Waals surface area contributed by atoms with Gasteiger partial charge in [-0.3, -0.25) is 10.1 Å². The minimum Gasteiger partial charge on any atom is -0.356 e. The Morgan fingerprint density at radius 1 is 0.467 bits per heavy atom. The van der Waals surface area contributed by atoms with Crippen LogP contribution in [0, 0.1) is 10.1 Å². The zero-order chi connectivity index (χ0) is 20.8. The fourth-order valence-corrected chi connectivity index (χ4v) is 2.96.